The largest absolute Gasteiger partial charge is 0.347 e. The third-order valence-corrected chi connectivity index (χ3v) is 3.85. The highest BCUT2D eigenvalue weighted by atomic mass is 19.1. The van der Waals surface area contributed by atoms with E-state index in [9.17, 15) is 9.18 Å². The Bertz CT molecular complexity index is 725. The molecule has 0 spiro atoms. The quantitative estimate of drug-likeness (QED) is 0.610. The van der Waals surface area contributed by atoms with Crippen molar-refractivity contribution in [2.75, 3.05) is 6.67 Å². The van der Waals surface area contributed by atoms with Gasteiger partial charge in [0.2, 0.25) is 0 Å². The highest BCUT2D eigenvalue weighted by molar-refractivity contribution is 6.07. The molecule has 0 radical (unpaired) electrons. The fourth-order valence-electron chi connectivity index (χ4n) is 2.55. The Balaban J connectivity index is 2.27. The van der Waals surface area contributed by atoms with Gasteiger partial charge in [0.05, 0.1) is 17.8 Å². The van der Waals surface area contributed by atoms with Gasteiger partial charge in [0.25, 0.3) is 5.91 Å². The Kier molecular flexibility index (Phi) is 5.44. The van der Waals surface area contributed by atoms with Crippen LogP contribution in [-0.4, -0.2) is 22.7 Å². The molecule has 1 aromatic carbocycles. The van der Waals surface area contributed by atoms with Gasteiger partial charge in [0, 0.05) is 23.6 Å². The SMILES string of the molecule is C#CC(C)(C)NC(=O)c1cn(CCCCCF)c2ccccc12. The van der Waals surface area contributed by atoms with Gasteiger partial charge in [-0.25, -0.2) is 0 Å². The van der Waals surface area contributed by atoms with E-state index in [4.69, 9.17) is 6.42 Å². The second-order valence-corrected chi connectivity index (χ2v) is 6.23. The van der Waals surface area contributed by atoms with Gasteiger partial charge in [-0.1, -0.05) is 24.1 Å². The highest BCUT2D eigenvalue weighted by Crippen LogP contribution is 2.22. The van der Waals surface area contributed by atoms with E-state index < -0.39 is 5.54 Å². The number of aryl methyl sites for hydroxylation is 1. The molecule has 3 nitrogen and oxygen atoms in total. The average molecular weight is 314 g/mol. The number of hydrogen-bond donors (Lipinski definition) is 1. The third-order valence-electron chi connectivity index (χ3n) is 3.85. The monoisotopic (exact) mass is 314 g/mol. The van der Waals surface area contributed by atoms with Crippen LogP contribution in [0, 0.1) is 12.3 Å². The van der Waals surface area contributed by atoms with Gasteiger partial charge in [-0.15, -0.1) is 6.42 Å². The zero-order valence-corrected chi connectivity index (χ0v) is 13.7. The number of carbonyl (C=O) groups excluding carboxylic acids is 1. The number of halogens is 1. The van der Waals surface area contributed by atoms with E-state index in [1.54, 1.807) is 13.8 Å². The molecular weight excluding hydrogens is 291 g/mol. The van der Waals surface area contributed by atoms with Crippen molar-refractivity contribution in [1.29, 1.82) is 0 Å². The molecule has 0 unspecified atom stereocenters. The Hall–Kier alpha value is -2.28. The summed E-state index contributed by atoms with van der Waals surface area (Å²) in [4.78, 5) is 12.6. The molecule has 1 aromatic heterocycles. The van der Waals surface area contributed by atoms with E-state index in [0.717, 1.165) is 30.3 Å². The van der Waals surface area contributed by atoms with E-state index in [-0.39, 0.29) is 12.6 Å². The molecule has 2 rings (SSSR count). The molecule has 0 atom stereocenters. The number of amides is 1. The lowest BCUT2D eigenvalue weighted by atomic mass is 10.1. The molecule has 0 bridgehead atoms. The van der Waals surface area contributed by atoms with E-state index in [1.165, 1.54) is 0 Å². The summed E-state index contributed by atoms with van der Waals surface area (Å²) in [7, 11) is 0. The number of benzene rings is 1. The van der Waals surface area contributed by atoms with E-state index in [1.807, 2.05) is 30.5 Å². The summed E-state index contributed by atoms with van der Waals surface area (Å²) in [5, 5.41) is 3.77. The number of aromatic nitrogens is 1. The van der Waals surface area contributed by atoms with Crippen molar-refractivity contribution in [2.45, 2.75) is 45.2 Å². The summed E-state index contributed by atoms with van der Waals surface area (Å²) >= 11 is 0. The first-order valence-corrected chi connectivity index (χ1v) is 7.92. The number of fused-ring (bicyclic) bond motifs is 1. The molecule has 23 heavy (non-hydrogen) atoms. The Morgan fingerprint density at radius 2 is 2.04 bits per heavy atom. The highest BCUT2D eigenvalue weighted by Gasteiger charge is 2.21. The summed E-state index contributed by atoms with van der Waals surface area (Å²) in [6.07, 6.45) is 9.62. The molecule has 0 aliphatic carbocycles. The van der Waals surface area contributed by atoms with Crippen molar-refractivity contribution in [1.82, 2.24) is 9.88 Å². The van der Waals surface area contributed by atoms with Gasteiger partial charge in [-0.05, 0) is 39.2 Å². The summed E-state index contributed by atoms with van der Waals surface area (Å²) in [5.41, 5.74) is 0.937. The van der Waals surface area contributed by atoms with Crippen LogP contribution in [0.5, 0.6) is 0 Å². The van der Waals surface area contributed by atoms with Crippen molar-refractivity contribution in [3.05, 3.63) is 36.0 Å². The van der Waals surface area contributed by atoms with Crippen LogP contribution in [-0.2, 0) is 6.54 Å². The van der Waals surface area contributed by atoms with Crippen LogP contribution in [0.1, 0.15) is 43.5 Å². The van der Waals surface area contributed by atoms with Crippen molar-refractivity contribution >= 4 is 16.8 Å². The molecule has 1 heterocycles. The summed E-state index contributed by atoms with van der Waals surface area (Å²) in [6.45, 7) is 4.08. The standard InChI is InChI=1S/C19H23FN2O/c1-4-19(2,3)21-18(23)16-14-22(13-9-5-8-12-20)17-11-7-6-10-15(16)17/h1,6-7,10-11,14H,5,8-9,12-13H2,2-3H3,(H,21,23). The zero-order chi connectivity index (χ0) is 16.9. The number of para-hydroxylation sites is 1. The average Bonchev–Trinajstić information content (AvgIpc) is 2.90. The van der Waals surface area contributed by atoms with Crippen LogP contribution >= 0.6 is 0 Å². The molecule has 4 heteroatoms. The number of hydrogen-bond acceptors (Lipinski definition) is 1. The number of alkyl halides is 1. The van der Waals surface area contributed by atoms with Crippen LogP contribution in [0.15, 0.2) is 30.5 Å². The van der Waals surface area contributed by atoms with Crippen molar-refractivity contribution in [2.24, 2.45) is 0 Å². The van der Waals surface area contributed by atoms with Crippen LogP contribution < -0.4 is 5.32 Å². The summed E-state index contributed by atoms with van der Waals surface area (Å²) in [6, 6.07) is 7.80. The lowest BCUT2D eigenvalue weighted by Gasteiger charge is -2.19. The topological polar surface area (TPSA) is 34.0 Å². The second kappa shape index (κ2) is 7.32. The van der Waals surface area contributed by atoms with E-state index >= 15 is 0 Å². The minimum Gasteiger partial charge on any atom is -0.347 e. The Morgan fingerprint density at radius 1 is 1.30 bits per heavy atom. The molecule has 2 aromatic rings. The van der Waals surface area contributed by atoms with Gasteiger partial charge >= 0.3 is 0 Å². The number of nitrogens with one attached hydrogen (secondary N) is 1. The van der Waals surface area contributed by atoms with Gasteiger partial charge in [-0.3, -0.25) is 9.18 Å². The van der Waals surface area contributed by atoms with Crippen LogP contribution in [0.3, 0.4) is 0 Å². The van der Waals surface area contributed by atoms with E-state index in [2.05, 4.69) is 15.8 Å². The normalized spacial score (nSPS) is 11.4. The maximum Gasteiger partial charge on any atom is 0.254 e. The first kappa shape index (κ1) is 17.1. The first-order valence-electron chi connectivity index (χ1n) is 7.92. The minimum absolute atomic E-state index is 0.174. The Labute approximate surface area is 136 Å². The maximum absolute atomic E-state index is 12.6. The van der Waals surface area contributed by atoms with Crippen LogP contribution in [0.25, 0.3) is 10.9 Å². The maximum atomic E-state index is 12.6. The lowest BCUT2D eigenvalue weighted by molar-refractivity contribution is 0.0931. The second-order valence-electron chi connectivity index (χ2n) is 6.23. The fourth-order valence-corrected chi connectivity index (χ4v) is 2.55. The van der Waals surface area contributed by atoms with Crippen LogP contribution in [0.4, 0.5) is 4.39 Å². The molecule has 122 valence electrons. The van der Waals surface area contributed by atoms with E-state index in [0.29, 0.717) is 12.0 Å². The molecule has 1 N–H and O–H groups in total. The first-order chi connectivity index (χ1) is 11.0. The smallest absolute Gasteiger partial charge is 0.254 e. The Morgan fingerprint density at radius 3 is 2.74 bits per heavy atom. The fraction of sp³-hybridized carbons (Fsp3) is 0.421. The number of carbonyl (C=O) groups is 1. The molecule has 0 fully saturated rings. The molecule has 0 saturated carbocycles. The van der Waals surface area contributed by atoms with Gasteiger partial charge in [-0.2, -0.15) is 0 Å². The van der Waals surface area contributed by atoms with Gasteiger partial charge in [0.15, 0.2) is 0 Å². The van der Waals surface area contributed by atoms with Crippen molar-refractivity contribution < 1.29 is 9.18 Å². The van der Waals surface area contributed by atoms with Crippen molar-refractivity contribution in [3.63, 3.8) is 0 Å². The number of unbranched alkanes of at least 4 members (excludes halogenated alkanes) is 2. The molecule has 0 saturated heterocycles. The summed E-state index contributed by atoms with van der Waals surface area (Å²) in [5.74, 6) is 2.40. The lowest BCUT2D eigenvalue weighted by Crippen LogP contribution is -2.42. The molecule has 1 amide bonds. The van der Waals surface area contributed by atoms with Crippen molar-refractivity contribution in [3.8, 4) is 12.3 Å². The summed E-state index contributed by atoms with van der Waals surface area (Å²) < 4.78 is 14.3. The minimum atomic E-state index is -0.693. The molecule has 0 aliphatic rings. The predicted molar refractivity (Wildman–Crippen MR) is 92.1 cm³/mol. The number of nitrogens with zero attached hydrogens (tertiary/aromatic N) is 1. The third kappa shape index (κ3) is 4.13. The molecule has 0 aliphatic heterocycles. The number of terminal acetylenes is 1. The van der Waals surface area contributed by atoms with Crippen LogP contribution in [0.2, 0.25) is 0 Å². The molecular formula is C19H23FN2O. The number of rotatable bonds is 7. The van der Waals surface area contributed by atoms with Gasteiger partial charge in [0.1, 0.15) is 0 Å². The zero-order valence-electron chi connectivity index (χ0n) is 13.7. The van der Waals surface area contributed by atoms with Gasteiger partial charge < -0.3 is 9.88 Å². The predicted octanol–water partition coefficient (Wildman–Crippen LogP) is 3.92.